The molecule has 110 valence electrons. The monoisotopic (exact) mass is 277 g/mol. The molecule has 0 aliphatic heterocycles. The van der Waals surface area contributed by atoms with E-state index in [1.807, 2.05) is 0 Å². The van der Waals surface area contributed by atoms with Crippen LogP contribution in [0.15, 0.2) is 18.2 Å². The number of phenolic OH excluding ortho intramolecular Hbond substituents is 2. The van der Waals surface area contributed by atoms with Gasteiger partial charge < -0.3 is 15.5 Å². The molecule has 0 unspecified atom stereocenters. The molecule has 1 fully saturated rings. The lowest BCUT2D eigenvalue weighted by molar-refractivity contribution is 0.0938. The third-order valence-electron chi connectivity index (χ3n) is 4.32. The molecule has 1 aromatic carbocycles. The van der Waals surface area contributed by atoms with Crippen LogP contribution in [-0.4, -0.2) is 22.7 Å². The van der Waals surface area contributed by atoms with Gasteiger partial charge in [-0.25, -0.2) is 0 Å². The van der Waals surface area contributed by atoms with E-state index in [0.29, 0.717) is 12.5 Å². The summed E-state index contributed by atoms with van der Waals surface area (Å²) < 4.78 is 0. The van der Waals surface area contributed by atoms with Crippen molar-refractivity contribution in [1.82, 2.24) is 5.32 Å². The van der Waals surface area contributed by atoms with Gasteiger partial charge in [0.1, 0.15) is 11.5 Å². The van der Waals surface area contributed by atoms with Crippen LogP contribution in [0.25, 0.3) is 0 Å². The molecule has 0 aromatic heterocycles. The highest BCUT2D eigenvalue weighted by Gasteiger charge is 2.21. The fraction of sp³-hybridized carbons (Fsp3) is 0.562. The Morgan fingerprint density at radius 3 is 2.50 bits per heavy atom. The average Bonchev–Trinajstić information content (AvgIpc) is 2.47. The number of aromatic hydroxyl groups is 2. The maximum Gasteiger partial charge on any atom is 0.255 e. The van der Waals surface area contributed by atoms with Crippen molar-refractivity contribution in [1.29, 1.82) is 0 Å². The quantitative estimate of drug-likeness (QED) is 0.741. The summed E-state index contributed by atoms with van der Waals surface area (Å²) in [7, 11) is 0. The van der Waals surface area contributed by atoms with Crippen molar-refractivity contribution < 1.29 is 15.0 Å². The summed E-state index contributed by atoms with van der Waals surface area (Å²) in [6.45, 7) is 2.88. The fourth-order valence-corrected chi connectivity index (χ4v) is 2.88. The first kappa shape index (κ1) is 14.7. The first-order chi connectivity index (χ1) is 9.60. The average molecular weight is 277 g/mol. The second-order valence-corrected chi connectivity index (χ2v) is 5.71. The van der Waals surface area contributed by atoms with Crippen LogP contribution in [-0.2, 0) is 0 Å². The normalized spacial score (nSPS) is 22.4. The summed E-state index contributed by atoms with van der Waals surface area (Å²) in [5.74, 6) is 0.931. The van der Waals surface area contributed by atoms with E-state index in [1.54, 1.807) is 0 Å². The predicted molar refractivity (Wildman–Crippen MR) is 77.8 cm³/mol. The van der Waals surface area contributed by atoms with E-state index in [9.17, 15) is 15.0 Å². The largest absolute Gasteiger partial charge is 0.508 e. The maximum atomic E-state index is 12.0. The lowest BCUT2D eigenvalue weighted by Gasteiger charge is -2.27. The van der Waals surface area contributed by atoms with Crippen LogP contribution in [0.3, 0.4) is 0 Å². The molecule has 1 aliphatic carbocycles. The summed E-state index contributed by atoms with van der Waals surface area (Å²) in [6, 6.07) is 3.98. The van der Waals surface area contributed by atoms with Gasteiger partial charge in [-0.3, -0.25) is 4.79 Å². The van der Waals surface area contributed by atoms with Crippen molar-refractivity contribution in [3.8, 4) is 11.5 Å². The number of carbonyl (C=O) groups excluding carboxylic acids is 1. The Bertz CT molecular complexity index is 465. The summed E-state index contributed by atoms with van der Waals surface area (Å²) >= 11 is 0. The zero-order valence-corrected chi connectivity index (χ0v) is 11.9. The standard InChI is InChI=1S/C16H23NO3/c1-2-11-3-5-12(6-4-11)10-17-16(20)14-9-13(18)7-8-15(14)19/h7-9,11-12,18-19H,2-6,10H2,1H3,(H,17,20). The Hall–Kier alpha value is -1.71. The van der Waals surface area contributed by atoms with Crippen molar-refractivity contribution in [2.24, 2.45) is 11.8 Å². The third kappa shape index (κ3) is 3.65. The van der Waals surface area contributed by atoms with Gasteiger partial charge in [-0.1, -0.05) is 26.2 Å². The second-order valence-electron chi connectivity index (χ2n) is 5.71. The Kier molecular flexibility index (Phi) is 4.88. The molecule has 0 atom stereocenters. The number of hydrogen-bond donors (Lipinski definition) is 3. The highest BCUT2D eigenvalue weighted by molar-refractivity contribution is 5.97. The first-order valence-corrected chi connectivity index (χ1v) is 7.40. The van der Waals surface area contributed by atoms with Gasteiger partial charge in [0.2, 0.25) is 0 Å². The van der Waals surface area contributed by atoms with Crippen molar-refractivity contribution in [2.75, 3.05) is 6.54 Å². The van der Waals surface area contributed by atoms with E-state index < -0.39 is 0 Å². The van der Waals surface area contributed by atoms with E-state index in [1.165, 1.54) is 37.5 Å². The van der Waals surface area contributed by atoms with Crippen LogP contribution in [0.1, 0.15) is 49.4 Å². The maximum absolute atomic E-state index is 12.0. The van der Waals surface area contributed by atoms with Gasteiger partial charge in [-0.15, -0.1) is 0 Å². The van der Waals surface area contributed by atoms with E-state index in [-0.39, 0.29) is 23.0 Å². The summed E-state index contributed by atoms with van der Waals surface area (Å²) in [6.07, 6.45) is 6.05. The van der Waals surface area contributed by atoms with Gasteiger partial charge in [0.25, 0.3) is 5.91 Å². The zero-order chi connectivity index (χ0) is 14.5. The summed E-state index contributed by atoms with van der Waals surface area (Å²) in [4.78, 5) is 12.0. The molecule has 0 saturated heterocycles. The minimum atomic E-state index is -0.323. The number of amides is 1. The molecule has 0 spiro atoms. The molecule has 1 saturated carbocycles. The minimum absolute atomic E-state index is 0.0172. The minimum Gasteiger partial charge on any atom is -0.508 e. The van der Waals surface area contributed by atoms with Gasteiger partial charge in [0.05, 0.1) is 5.56 Å². The van der Waals surface area contributed by atoms with Crippen molar-refractivity contribution in [2.45, 2.75) is 39.0 Å². The SMILES string of the molecule is CCC1CCC(CNC(=O)c2cc(O)ccc2O)CC1. The van der Waals surface area contributed by atoms with E-state index in [0.717, 1.165) is 18.8 Å². The molecule has 0 bridgehead atoms. The molecule has 2 rings (SSSR count). The van der Waals surface area contributed by atoms with Gasteiger partial charge in [-0.05, 0) is 42.9 Å². The van der Waals surface area contributed by atoms with E-state index in [2.05, 4.69) is 12.2 Å². The third-order valence-corrected chi connectivity index (χ3v) is 4.32. The van der Waals surface area contributed by atoms with Crippen LogP contribution in [0.4, 0.5) is 0 Å². The van der Waals surface area contributed by atoms with Crippen molar-refractivity contribution >= 4 is 5.91 Å². The number of carbonyl (C=O) groups is 1. The fourth-order valence-electron chi connectivity index (χ4n) is 2.88. The Morgan fingerprint density at radius 1 is 1.20 bits per heavy atom. The number of nitrogens with one attached hydrogen (secondary N) is 1. The second kappa shape index (κ2) is 6.64. The van der Waals surface area contributed by atoms with Crippen molar-refractivity contribution in [3.05, 3.63) is 23.8 Å². The number of phenols is 2. The van der Waals surface area contributed by atoms with Crippen LogP contribution in [0.2, 0.25) is 0 Å². The molecule has 4 heteroatoms. The molecular weight excluding hydrogens is 254 g/mol. The number of rotatable bonds is 4. The molecule has 0 heterocycles. The smallest absolute Gasteiger partial charge is 0.255 e. The van der Waals surface area contributed by atoms with Gasteiger partial charge in [0, 0.05) is 6.54 Å². The van der Waals surface area contributed by atoms with Gasteiger partial charge >= 0.3 is 0 Å². The number of benzene rings is 1. The van der Waals surface area contributed by atoms with E-state index >= 15 is 0 Å². The molecule has 20 heavy (non-hydrogen) atoms. The topological polar surface area (TPSA) is 69.6 Å². The molecule has 0 radical (unpaired) electrons. The Morgan fingerprint density at radius 2 is 1.85 bits per heavy atom. The van der Waals surface area contributed by atoms with Crippen LogP contribution >= 0.6 is 0 Å². The van der Waals surface area contributed by atoms with Gasteiger partial charge in [0.15, 0.2) is 0 Å². The molecule has 1 aliphatic rings. The molecular formula is C16H23NO3. The van der Waals surface area contributed by atoms with Crippen molar-refractivity contribution in [3.63, 3.8) is 0 Å². The molecule has 1 aromatic rings. The Balaban J connectivity index is 1.85. The number of hydrogen-bond acceptors (Lipinski definition) is 3. The lowest BCUT2D eigenvalue weighted by atomic mass is 9.81. The molecule has 3 N–H and O–H groups in total. The van der Waals surface area contributed by atoms with E-state index in [4.69, 9.17) is 0 Å². The molecule has 1 amide bonds. The van der Waals surface area contributed by atoms with Crippen LogP contribution in [0, 0.1) is 11.8 Å². The zero-order valence-electron chi connectivity index (χ0n) is 11.9. The highest BCUT2D eigenvalue weighted by atomic mass is 16.3. The Labute approximate surface area is 119 Å². The lowest BCUT2D eigenvalue weighted by Crippen LogP contribution is -2.31. The molecule has 4 nitrogen and oxygen atoms in total. The summed E-state index contributed by atoms with van der Waals surface area (Å²) in [5.41, 5.74) is 0.132. The first-order valence-electron chi connectivity index (χ1n) is 7.40. The predicted octanol–water partition coefficient (Wildman–Crippen LogP) is 3.04. The summed E-state index contributed by atoms with van der Waals surface area (Å²) in [5, 5.41) is 21.9. The highest BCUT2D eigenvalue weighted by Crippen LogP contribution is 2.30. The van der Waals surface area contributed by atoms with Crippen LogP contribution in [0.5, 0.6) is 11.5 Å². The van der Waals surface area contributed by atoms with Crippen LogP contribution < -0.4 is 5.32 Å². The van der Waals surface area contributed by atoms with Gasteiger partial charge in [-0.2, -0.15) is 0 Å².